The normalized spacial score (nSPS) is 12.4. The molecule has 0 amide bonds. The van der Waals surface area contributed by atoms with Gasteiger partial charge in [0.15, 0.2) is 0 Å². The molecule has 0 aliphatic heterocycles. The third-order valence-corrected chi connectivity index (χ3v) is 4.40. The van der Waals surface area contributed by atoms with Crippen molar-refractivity contribution < 1.29 is 14.6 Å². The van der Waals surface area contributed by atoms with Gasteiger partial charge in [0.2, 0.25) is 0 Å². The summed E-state index contributed by atoms with van der Waals surface area (Å²) >= 11 is 2.98. The molecule has 1 atom stereocenters. The van der Waals surface area contributed by atoms with Crippen LogP contribution >= 0.6 is 22.7 Å². The Hall–Kier alpha value is -1.31. The van der Waals surface area contributed by atoms with E-state index < -0.39 is 0 Å². The smallest absolute Gasteiger partial charge is 0.303 e. The number of aromatic nitrogens is 2. The largest absolute Gasteiger partial charge is 0.459 e. The van der Waals surface area contributed by atoms with Gasteiger partial charge in [-0.3, -0.25) is 4.79 Å². The van der Waals surface area contributed by atoms with Crippen LogP contribution in [-0.2, 0) is 16.1 Å². The molecule has 2 aromatic rings. The van der Waals surface area contributed by atoms with Gasteiger partial charge >= 0.3 is 5.97 Å². The molecule has 0 radical (unpaired) electrons. The predicted octanol–water partition coefficient (Wildman–Crippen LogP) is 2.43. The number of rotatable bonds is 5. The molecule has 0 bridgehead atoms. The minimum absolute atomic E-state index is 0.0410. The van der Waals surface area contributed by atoms with E-state index in [1.807, 2.05) is 17.7 Å². The number of esters is 1. The Morgan fingerprint density at radius 2 is 2.21 bits per heavy atom. The van der Waals surface area contributed by atoms with Gasteiger partial charge in [-0.25, -0.2) is 9.97 Å². The second-order valence-electron chi connectivity index (χ2n) is 4.08. The van der Waals surface area contributed by atoms with E-state index in [4.69, 9.17) is 9.84 Å². The number of ether oxygens (including phenoxy) is 1. The van der Waals surface area contributed by atoms with Crippen molar-refractivity contribution in [1.82, 2.24) is 9.97 Å². The lowest BCUT2D eigenvalue weighted by Gasteiger charge is -2.00. The van der Waals surface area contributed by atoms with Crippen molar-refractivity contribution in [1.29, 1.82) is 0 Å². The summed E-state index contributed by atoms with van der Waals surface area (Å²) < 4.78 is 4.89. The van der Waals surface area contributed by atoms with E-state index in [1.54, 1.807) is 0 Å². The number of hydrogen-bond acceptors (Lipinski definition) is 7. The first-order valence-corrected chi connectivity index (χ1v) is 7.50. The quantitative estimate of drug-likeness (QED) is 0.858. The van der Waals surface area contributed by atoms with Crippen molar-refractivity contribution in [2.45, 2.75) is 26.4 Å². The van der Waals surface area contributed by atoms with Gasteiger partial charge in [-0.1, -0.05) is 6.92 Å². The topological polar surface area (TPSA) is 72.3 Å². The predicted molar refractivity (Wildman–Crippen MR) is 74.2 cm³/mol. The van der Waals surface area contributed by atoms with Crippen LogP contribution < -0.4 is 0 Å². The van der Waals surface area contributed by atoms with Crippen molar-refractivity contribution in [3.05, 3.63) is 21.5 Å². The van der Waals surface area contributed by atoms with E-state index in [-0.39, 0.29) is 25.1 Å². The summed E-state index contributed by atoms with van der Waals surface area (Å²) in [5, 5.41) is 14.6. The maximum absolute atomic E-state index is 10.7. The summed E-state index contributed by atoms with van der Waals surface area (Å²) in [4.78, 5) is 19.6. The number of carbonyl (C=O) groups is 1. The lowest BCUT2D eigenvalue weighted by Crippen LogP contribution is -1.99. The van der Waals surface area contributed by atoms with E-state index in [9.17, 15) is 4.79 Å². The fraction of sp³-hybridized carbons (Fsp3) is 0.417. The standard InChI is InChI=1S/C12H14N2O3S2/c1-7(3-15)11-14-10(6-19-11)12-13-9(5-18-12)4-17-8(2)16/h5-7,15H,3-4H2,1-2H3. The maximum Gasteiger partial charge on any atom is 0.303 e. The second kappa shape index (κ2) is 6.23. The zero-order valence-corrected chi connectivity index (χ0v) is 12.3. The van der Waals surface area contributed by atoms with Crippen molar-refractivity contribution in [2.24, 2.45) is 0 Å². The molecule has 0 aliphatic carbocycles. The van der Waals surface area contributed by atoms with Crippen molar-refractivity contribution in [2.75, 3.05) is 6.61 Å². The van der Waals surface area contributed by atoms with Crippen LogP contribution in [0.25, 0.3) is 10.7 Å². The molecule has 1 N–H and O–H groups in total. The van der Waals surface area contributed by atoms with Gasteiger partial charge in [0.25, 0.3) is 0 Å². The maximum atomic E-state index is 10.7. The van der Waals surface area contributed by atoms with E-state index in [2.05, 4.69) is 9.97 Å². The Bertz CT molecular complexity index is 565. The number of hydrogen-bond donors (Lipinski definition) is 1. The summed E-state index contributed by atoms with van der Waals surface area (Å²) in [7, 11) is 0. The van der Waals surface area contributed by atoms with Gasteiger partial charge in [0, 0.05) is 23.6 Å². The van der Waals surface area contributed by atoms with E-state index in [1.165, 1.54) is 29.6 Å². The van der Waals surface area contributed by atoms with Crippen LogP contribution in [0.15, 0.2) is 10.8 Å². The molecule has 0 aliphatic rings. The molecule has 19 heavy (non-hydrogen) atoms. The molecular weight excluding hydrogens is 284 g/mol. The summed E-state index contributed by atoms with van der Waals surface area (Å²) in [6.07, 6.45) is 0. The Balaban J connectivity index is 2.09. The van der Waals surface area contributed by atoms with Gasteiger partial charge in [-0.05, 0) is 0 Å². The van der Waals surface area contributed by atoms with Crippen LogP contribution in [0.5, 0.6) is 0 Å². The molecule has 5 nitrogen and oxygen atoms in total. The molecule has 2 rings (SSSR count). The third kappa shape index (κ3) is 3.59. The minimum Gasteiger partial charge on any atom is -0.459 e. The fourth-order valence-corrected chi connectivity index (χ4v) is 3.05. The lowest BCUT2D eigenvalue weighted by molar-refractivity contribution is -0.142. The summed E-state index contributed by atoms with van der Waals surface area (Å²) in [5.74, 6) is -0.276. The van der Waals surface area contributed by atoms with Crippen molar-refractivity contribution >= 4 is 28.6 Å². The molecule has 2 heterocycles. The zero-order valence-electron chi connectivity index (χ0n) is 10.6. The van der Waals surface area contributed by atoms with Gasteiger partial charge in [-0.2, -0.15) is 0 Å². The molecule has 0 saturated heterocycles. The fourth-order valence-electron chi connectivity index (χ4n) is 1.36. The molecular formula is C12H14N2O3S2. The van der Waals surface area contributed by atoms with Gasteiger partial charge in [0.05, 0.1) is 17.3 Å². The average Bonchev–Trinajstić information content (AvgIpc) is 3.03. The number of thiazole rings is 2. The summed E-state index contributed by atoms with van der Waals surface area (Å²) in [5.41, 5.74) is 1.53. The minimum atomic E-state index is -0.317. The highest BCUT2D eigenvalue weighted by atomic mass is 32.1. The van der Waals surface area contributed by atoms with Crippen molar-refractivity contribution in [3.8, 4) is 10.7 Å². The van der Waals surface area contributed by atoms with Crippen LogP contribution in [-0.4, -0.2) is 27.7 Å². The number of nitrogens with zero attached hydrogens (tertiary/aromatic N) is 2. The molecule has 0 aromatic carbocycles. The molecule has 0 spiro atoms. The van der Waals surface area contributed by atoms with Crippen LogP contribution in [0.1, 0.15) is 30.5 Å². The lowest BCUT2D eigenvalue weighted by atomic mass is 10.2. The zero-order chi connectivity index (χ0) is 13.8. The van der Waals surface area contributed by atoms with Crippen molar-refractivity contribution in [3.63, 3.8) is 0 Å². The monoisotopic (exact) mass is 298 g/mol. The Morgan fingerprint density at radius 3 is 2.89 bits per heavy atom. The van der Waals surface area contributed by atoms with Gasteiger partial charge in [-0.15, -0.1) is 22.7 Å². The Labute approximate surface area is 118 Å². The highest BCUT2D eigenvalue weighted by Crippen LogP contribution is 2.28. The molecule has 0 fully saturated rings. The van der Waals surface area contributed by atoms with Gasteiger partial charge in [0.1, 0.15) is 17.3 Å². The first-order chi connectivity index (χ1) is 9.10. The molecule has 0 saturated carbocycles. The highest BCUT2D eigenvalue weighted by molar-refractivity contribution is 7.14. The summed E-state index contributed by atoms with van der Waals surface area (Å²) in [6.45, 7) is 3.57. The second-order valence-corrected chi connectivity index (χ2v) is 5.83. The SMILES string of the molecule is CC(=O)OCc1csc(-c2csc(C(C)CO)n2)n1. The Morgan fingerprint density at radius 1 is 1.42 bits per heavy atom. The number of carbonyl (C=O) groups excluding carboxylic acids is 1. The number of aliphatic hydroxyl groups excluding tert-OH is 1. The first kappa shape index (κ1) is 14.1. The highest BCUT2D eigenvalue weighted by Gasteiger charge is 2.13. The van der Waals surface area contributed by atoms with E-state index in [0.717, 1.165) is 21.4 Å². The van der Waals surface area contributed by atoms with Crippen LogP contribution in [0.3, 0.4) is 0 Å². The van der Waals surface area contributed by atoms with E-state index in [0.29, 0.717) is 0 Å². The molecule has 2 aromatic heterocycles. The number of aliphatic hydroxyl groups is 1. The van der Waals surface area contributed by atoms with Crippen LogP contribution in [0, 0.1) is 0 Å². The molecule has 7 heteroatoms. The molecule has 102 valence electrons. The summed E-state index contributed by atoms with van der Waals surface area (Å²) in [6, 6.07) is 0. The first-order valence-electron chi connectivity index (χ1n) is 5.74. The Kier molecular flexibility index (Phi) is 4.62. The molecule has 1 unspecified atom stereocenters. The van der Waals surface area contributed by atoms with Crippen LogP contribution in [0.4, 0.5) is 0 Å². The van der Waals surface area contributed by atoms with Crippen LogP contribution in [0.2, 0.25) is 0 Å². The third-order valence-electron chi connectivity index (χ3n) is 2.41. The van der Waals surface area contributed by atoms with Gasteiger partial charge < -0.3 is 9.84 Å². The van der Waals surface area contributed by atoms with E-state index >= 15 is 0 Å². The average molecular weight is 298 g/mol.